The molecule has 5 nitrogen and oxygen atoms in total. The summed E-state index contributed by atoms with van der Waals surface area (Å²) in [6.07, 6.45) is 4.35. The lowest BCUT2D eigenvalue weighted by atomic mass is 9.95. The highest BCUT2D eigenvalue weighted by molar-refractivity contribution is 7.85. The summed E-state index contributed by atoms with van der Waals surface area (Å²) in [6, 6.07) is -0.0737. The fourth-order valence-electron chi connectivity index (χ4n) is 2.86. The molecule has 21 heavy (non-hydrogen) atoms. The van der Waals surface area contributed by atoms with Gasteiger partial charge in [0.2, 0.25) is 0 Å². The van der Waals surface area contributed by atoms with Crippen molar-refractivity contribution in [1.29, 1.82) is 0 Å². The van der Waals surface area contributed by atoms with E-state index in [-0.39, 0.29) is 35.9 Å². The van der Waals surface area contributed by atoms with Crippen molar-refractivity contribution in [3.05, 3.63) is 0 Å². The van der Waals surface area contributed by atoms with Gasteiger partial charge in [0.15, 0.2) is 0 Å². The van der Waals surface area contributed by atoms with E-state index in [1.807, 2.05) is 20.8 Å². The average molecular weight is 318 g/mol. The van der Waals surface area contributed by atoms with Crippen LogP contribution in [0.1, 0.15) is 52.9 Å². The van der Waals surface area contributed by atoms with Crippen LogP contribution in [-0.2, 0) is 10.8 Å². The predicted molar refractivity (Wildman–Crippen MR) is 86.7 cm³/mol. The highest BCUT2D eigenvalue weighted by atomic mass is 32.2. The van der Waals surface area contributed by atoms with Gasteiger partial charge in [0.05, 0.1) is 0 Å². The van der Waals surface area contributed by atoms with Crippen LogP contribution in [0.3, 0.4) is 0 Å². The zero-order valence-corrected chi connectivity index (χ0v) is 14.2. The van der Waals surface area contributed by atoms with Crippen molar-refractivity contribution >= 4 is 16.8 Å². The maximum Gasteiger partial charge on any atom is 0.315 e. The van der Waals surface area contributed by atoms with Crippen molar-refractivity contribution < 1.29 is 14.1 Å². The lowest BCUT2D eigenvalue weighted by molar-refractivity contribution is 0.213. The van der Waals surface area contributed by atoms with E-state index < -0.39 is 10.8 Å². The van der Waals surface area contributed by atoms with E-state index in [0.29, 0.717) is 12.2 Å². The van der Waals surface area contributed by atoms with Gasteiger partial charge in [0, 0.05) is 40.5 Å². The molecule has 4 unspecified atom stereocenters. The second-order valence-electron chi connectivity index (χ2n) is 6.14. The van der Waals surface area contributed by atoms with Crippen LogP contribution in [0.4, 0.5) is 4.79 Å². The third kappa shape index (κ3) is 6.34. The van der Waals surface area contributed by atoms with E-state index in [2.05, 4.69) is 10.6 Å². The third-order valence-corrected chi connectivity index (χ3v) is 5.92. The summed E-state index contributed by atoms with van der Waals surface area (Å²) in [7, 11) is -0.775. The number of aliphatic hydroxyl groups is 1. The van der Waals surface area contributed by atoms with E-state index in [0.717, 1.165) is 25.7 Å². The second-order valence-corrected chi connectivity index (χ2v) is 8.14. The minimum absolute atomic E-state index is 0.0147. The molecule has 6 heteroatoms. The molecule has 0 bridgehead atoms. The number of urea groups is 1. The van der Waals surface area contributed by atoms with E-state index in [9.17, 15) is 9.00 Å². The Balaban J connectivity index is 2.44. The summed E-state index contributed by atoms with van der Waals surface area (Å²) < 4.78 is 11.9. The predicted octanol–water partition coefficient (Wildman–Crippen LogP) is 1.77. The number of hydrogen-bond donors (Lipinski definition) is 3. The Morgan fingerprint density at radius 3 is 2.67 bits per heavy atom. The van der Waals surface area contributed by atoms with Crippen molar-refractivity contribution in [2.75, 3.05) is 12.4 Å². The minimum Gasteiger partial charge on any atom is -0.396 e. The van der Waals surface area contributed by atoms with Crippen LogP contribution in [-0.4, -0.2) is 45.0 Å². The van der Waals surface area contributed by atoms with E-state index in [4.69, 9.17) is 5.11 Å². The quantitative estimate of drug-likeness (QED) is 0.669. The number of carbonyl (C=O) groups excluding carboxylic acids is 1. The second kappa shape index (κ2) is 9.41. The minimum atomic E-state index is -0.775. The normalized spacial score (nSPS) is 25.4. The number of hydrogen-bond acceptors (Lipinski definition) is 3. The lowest BCUT2D eigenvalue weighted by Crippen LogP contribution is -2.50. The van der Waals surface area contributed by atoms with Gasteiger partial charge >= 0.3 is 6.03 Å². The van der Waals surface area contributed by atoms with Crippen molar-refractivity contribution in [3.63, 3.8) is 0 Å². The number of nitrogens with one attached hydrogen (secondary N) is 2. The molecule has 2 amide bonds. The lowest BCUT2D eigenvalue weighted by Gasteiger charge is -2.30. The van der Waals surface area contributed by atoms with Gasteiger partial charge in [-0.2, -0.15) is 0 Å². The van der Waals surface area contributed by atoms with E-state index in [1.54, 1.807) is 0 Å². The smallest absolute Gasteiger partial charge is 0.315 e. The van der Waals surface area contributed by atoms with E-state index in [1.165, 1.54) is 0 Å². The van der Waals surface area contributed by atoms with Crippen molar-refractivity contribution in [2.24, 2.45) is 5.92 Å². The fraction of sp³-hybridized carbons (Fsp3) is 0.933. The molecule has 1 fully saturated rings. The molecular formula is C15H30N2O3S. The molecule has 1 saturated carbocycles. The molecule has 3 N–H and O–H groups in total. The number of rotatable bonds is 7. The van der Waals surface area contributed by atoms with Crippen LogP contribution in [0.2, 0.25) is 0 Å². The summed E-state index contributed by atoms with van der Waals surface area (Å²) in [5.74, 6) is 0.977. The van der Waals surface area contributed by atoms with Gasteiger partial charge in [-0.05, 0) is 31.6 Å². The average Bonchev–Trinajstić information content (AvgIpc) is 2.46. The molecule has 0 aromatic rings. The zero-order chi connectivity index (χ0) is 15.8. The molecule has 0 radical (unpaired) electrons. The Bertz CT molecular complexity index is 350. The maximum atomic E-state index is 12.1. The largest absolute Gasteiger partial charge is 0.396 e. The van der Waals surface area contributed by atoms with Crippen molar-refractivity contribution in [2.45, 2.75) is 70.2 Å². The van der Waals surface area contributed by atoms with Gasteiger partial charge in [-0.15, -0.1) is 0 Å². The summed E-state index contributed by atoms with van der Waals surface area (Å²) in [6.45, 7) is 6.08. The summed E-state index contributed by atoms with van der Waals surface area (Å²) >= 11 is 0. The zero-order valence-electron chi connectivity index (χ0n) is 13.4. The third-order valence-electron chi connectivity index (χ3n) is 4.18. The van der Waals surface area contributed by atoms with Crippen LogP contribution in [0, 0.1) is 5.92 Å². The maximum absolute atomic E-state index is 12.1. The molecule has 124 valence electrons. The van der Waals surface area contributed by atoms with Gasteiger partial charge in [0.1, 0.15) is 0 Å². The monoisotopic (exact) mass is 318 g/mol. The molecule has 1 aliphatic carbocycles. The topological polar surface area (TPSA) is 78.4 Å². The standard InChI is InChI=1S/C15H30N2O3S/c1-4-21(20)13-7-5-6-12(10-13)16-15(19)17-14(8-9-18)11(2)3/h11-14,18H,4-10H2,1-3H3,(H2,16,17,19). The first kappa shape index (κ1) is 18.4. The summed E-state index contributed by atoms with van der Waals surface area (Å²) in [4.78, 5) is 12.1. The molecule has 0 spiro atoms. The van der Waals surface area contributed by atoms with Crippen LogP contribution >= 0.6 is 0 Å². The first-order valence-corrected chi connectivity index (χ1v) is 9.41. The highest BCUT2D eigenvalue weighted by Crippen LogP contribution is 2.23. The molecule has 1 aliphatic rings. The molecule has 0 saturated heterocycles. The number of amides is 2. The molecule has 0 aromatic heterocycles. The Labute approximate surface area is 130 Å². The van der Waals surface area contributed by atoms with Gasteiger partial charge < -0.3 is 15.7 Å². The Morgan fingerprint density at radius 2 is 2.10 bits per heavy atom. The number of carbonyl (C=O) groups is 1. The highest BCUT2D eigenvalue weighted by Gasteiger charge is 2.27. The van der Waals surface area contributed by atoms with Crippen LogP contribution in [0.5, 0.6) is 0 Å². The number of aliphatic hydroxyl groups excluding tert-OH is 1. The summed E-state index contributed by atoms with van der Waals surface area (Å²) in [5, 5.41) is 15.2. The molecule has 4 atom stereocenters. The van der Waals surface area contributed by atoms with Crippen molar-refractivity contribution in [1.82, 2.24) is 10.6 Å². The van der Waals surface area contributed by atoms with Gasteiger partial charge in [-0.25, -0.2) is 4.79 Å². The van der Waals surface area contributed by atoms with Gasteiger partial charge in [-0.1, -0.05) is 27.2 Å². The van der Waals surface area contributed by atoms with Gasteiger partial charge in [-0.3, -0.25) is 4.21 Å². The van der Waals surface area contributed by atoms with Gasteiger partial charge in [0.25, 0.3) is 0 Å². The fourth-order valence-corrected chi connectivity index (χ4v) is 4.21. The van der Waals surface area contributed by atoms with E-state index >= 15 is 0 Å². The Hall–Kier alpha value is -0.620. The first-order valence-electron chi connectivity index (χ1n) is 8.03. The molecular weight excluding hydrogens is 288 g/mol. The summed E-state index contributed by atoms with van der Waals surface area (Å²) in [5.41, 5.74) is 0. The van der Waals surface area contributed by atoms with Crippen LogP contribution < -0.4 is 10.6 Å². The first-order chi connectivity index (χ1) is 9.97. The SMILES string of the molecule is CCS(=O)C1CCCC(NC(=O)NC(CCO)C(C)C)C1. The Kier molecular flexibility index (Phi) is 8.26. The van der Waals surface area contributed by atoms with Crippen molar-refractivity contribution in [3.8, 4) is 0 Å². The molecule has 0 heterocycles. The van der Waals surface area contributed by atoms with Crippen LogP contribution in [0.15, 0.2) is 0 Å². The molecule has 0 aliphatic heterocycles. The molecule has 1 rings (SSSR count). The Morgan fingerprint density at radius 1 is 1.38 bits per heavy atom. The van der Waals surface area contributed by atoms with Crippen LogP contribution in [0.25, 0.3) is 0 Å². The molecule has 0 aromatic carbocycles.